The summed E-state index contributed by atoms with van der Waals surface area (Å²) in [7, 11) is 0. The Hall–Kier alpha value is -1.85. The standard InChI is InChI=1S/C19H23NO3S/c1-2-20-10-7-17(8-11-20)19(21)23-22-18-5-3-15(4-6-18)13-16-9-12-24-14-16/h3-6,9,12,14,17H,2,7-8,10-11,13H2,1H3. The molecule has 0 aliphatic carbocycles. The molecule has 0 saturated carbocycles. The van der Waals surface area contributed by atoms with Gasteiger partial charge in [0, 0.05) is 0 Å². The first-order valence-corrected chi connectivity index (χ1v) is 9.39. The van der Waals surface area contributed by atoms with E-state index in [1.54, 1.807) is 11.3 Å². The van der Waals surface area contributed by atoms with E-state index in [0.29, 0.717) is 5.75 Å². The lowest BCUT2D eigenvalue weighted by molar-refractivity contribution is -0.220. The SMILES string of the molecule is CCN1CCC(C(=O)OOc2ccc(Cc3ccsc3)cc2)CC1. The van der Waals surface area contributed by atoms with Gasteiger partial charge in [0.25, 0.3) is 0 Å². The smallest absolute Gasteiger partial charge is 0.304 e. The van der Waals surface area contributed by atoms with Crippen molar-refractivity contribution in [1.82, 2.24) is 4.90 Å². The molecule has 0 atom stereocenters. The van der Waals surface area contributed by atoms with E-state index in [1.165, 1.54) is 11.1 Å². The largest absolute Gasteiger partial charge is 0.358 e. The van der Waals surface area contributed by atoms with Crippen molar-refractivity contribution in [3.8, 4) is 5.75 Å². The summed E-state index contributed by atoms with van der Waals surface area (Å²) in [4.78, 5) is 24.7. The zero-order chi connectivity index (χ0) is 16.8. The van der Waals surface area contributed by atoms with Gasteiger partial charge < -0.3 is 4.90 Å². The fraction of sp³-hybridized carbons (Fsp3) is 0.421. The quantitative estimate of drug-likeness (QED) is 0.588. The van der Waals surface area contributed by atoms with Gasteiger partial charge in [-0.15, -0.1) is 0 Å². The molecule has 0 amide bonds. The van der Waals surface area contributed by atoms with E-state index in [0.717, 1.165) is 38.9 Å². The van der Waals surface area contributed by atoms with Crippen LogP contribution in [0.15, 0.2) is 41.1 Å². The third kappa shape index (κ3) is 4.58. The van der Waals surface area contributed by atoms with Crippen LogP contribution >= 0.6 is 11.3 Å². The number of thiophene rings is 1. The van der Waals surface area contributed by atoms with Gasteiger partial charge in [-0.25, -0.2) is 4.79 Å². The van der Waals surface area contributed by atoms with Crippen molar-refractivity contribution in [3.63, 3.8) is 0 Å². The second-order valence-electron chi connectivity index (χ2n) is 6.15. The van der Waals surface area contributed by atoms with Crippen molar-refractivity contribution in [2.45, 2.75) is 26.2 Å². The molecule has 0 spiro atoms. The topological polar surface area (TPSA) is 38.8 Å². The van der Waals surface area contributed by atoms with Crippen LogP contribution in [0.1, 0.15) is 30.9 Å². The maximum atomic E-state index is 12.1. The first-order valence-electron chi connectivity index (χ1n) is 8.45. The summed E-state index contributed by atoms with van der Waals surface area (Å²) in [6.07, 6.45) is 2.59. The minimum Gasteiger partial charge on any atom is -0.304 e. The second kappa shape index (κ2) is 8.31. The van der Waals surface area contributed by atoms with Crippen molar-refractivity contribution in [3.05, 3.63) is 52.2 Å². The lowest BCUT2D eigenvalue weighted by Crippen LogP contribution is -2.36. The lowest BCUT2D eigenvalue weighted by atomic mass is 9.97. The average molecular weight is 345 g/mol. The van der Waals surface area contributed by atoms with E-state index in [2.05, 4.69) is 28.7 Å². The number of likely N-dealkylation sites (tertiary alicyclic amines) is 1. The highest BCUT2D eigenvalue weighted by atomic mass is 32.1. The number of piperidine rings is 1. The molecule has 2 aromatic rings. The van der Waals surface area contributed by atoms with Gasteiger partial charge >= 0.3 is 5.97 Å². The van der Waals surface area contributed by atoms with Crippen molar-refractivity contribution in [2.24, 2.45) is 5.92 Å². The van der Waals surface area contributed by atoms with Gasteiger partial charge in [0.2, 0.25) is 0 Å². The van der Waals surface area contributed by atoms with Crippen molar-refractivity contribution < 1.29 is 14.6 Å². The second-order valence-corrected chi connectivity index (χ2v) is 6.93. The van der Waals surface area contributed by atoms with Gasteiger partial charge in [-0.2, -0.15) is 11.3 Å². The van der Waals surface area contributed by atoms with Crippen LogP contribution in [0.3, 0.4) is 0 Å². The Morgan fingerprint density at radius 3 is 2.54 bits per heavy atom. The molecular weight excluding hydrogens is 322 g/mol. The summed E-state index contributed by atoms with van der Waals surface area (Å²) in [6.45, 7) is 5.08. The number of benzene rings is 1. The number of carbonyl (C=O) groups excluding carboxylic acids is 1. The Balaban J connectivity index is 1.45. The Morgan fingerprint density at radius 1 is 1.17 bits per heavy atom. The maximum absolute atomic E-state index is 12.1. The molecule has 0 radical (unpaired) electrons. The Labute approximate surface area is 146 Å². The van der Waals surface area contributed by atoms with Crippen molar-refractivity contribution in [1.29, 1.82) is 0 Å². The van der Waals surface area contributed by atoms with Gasteiger partial charge in [0.05, 0.1) is 5.92 Å². The van der Waals surface area contributed by atoms with E-state index in [1.807, 2.05) is 24.3 Å². The summed E-state index contributed by atoms with van der Waals surface area (Å²) < 4.78 is 0. The molecule has 1 fully saturated rings. The highest BCUT2D eigenvalue weighted by molar-refractivity contribution is 7.07. The lowest BCUT2D eigenvalue weighted by Gasteiger charge is -2.29. The minimum absolute atomic E-state index is 0.0503. The third-order valence-electron chi connectivity index (χ3n) is 4.50. The minimum atomic E-state index is -0.256. The zero-order valence-corrected chi connectivity index (χ0v) is 14.8. The fourth-order valence-electron chi connectivity index (χ4n) is 2.93. The van der Waals surface area contributed by atoms with Crippen LogP contribution in [0.4, 0.5) is 0 Å². The predicted molar refractivity (Wildman–Crippen MR) is 95.1 cm³/mol. The van der Waals surface area contributed by atoms with Gasteiger partial charge in [-0.1, -0.05) is 19.1 Å². The highest BCUT2D eigenvalue weighted by Gasteiger charge is 2.26. The summed E-state index contributed by atoms with van der Waals surface area (Å²) in [5.74, 6) is 0.252. The summed E-state index contributed by atoms with van der Waals surface area (Å²) in [5.41, 5.74) is 2.51. The van der Waals surface area contributed by atoms with Crippen LogP contribution in [0.5, 0.6) is 5.75 Å². The Bertz CT molecular complexity index is 631. The normalized spacial score (nSPS) is 16.0. The molecule has 1 aromatic heterocycles. The molecular formula is C19H23NO3S. The van der Waals surface area contributed by atoms with E-state index in [-0.39, 0.29) is 11.9 Å². The molecule has 0 N–H and O–H groups in total. The average Bonchev–Trinajstić information content (AvgIpc) is 3.14. The van der Waals surface area contributed by atoms with Crippen LogP contribution in [0.25, 0.3) is 0 Å². The third-order valence-corrected chi connectivity index (χ3v) is 5.23. The van der Waals surface area contributed by atoms with Crippen LogP contribution in [0, 0.1) is 5.92 Å². The fourth-order valence-corrected chi connectivity index (χ4v) is 3.60. The van der Waals surface area contributed by atoms with E-state index in [9.17, 15) is 4.79 Å². The van der Waals surface area contributed by atoms with Gasteiger partial charge in [-0.05, 0) is 79.0 Å². The van der Waals surface area contributed by atoms with Gasteiger partial charge in [0.15, 0.2) is 5.75 Å². The molecule has 5 heteroatoms. The Morgan fingerprint density at radius 2 is 1.92 bits per heavy atom. The van der Waals surface area contributed by atoms with Crippen LogP contribution in [-0.4, -0.2) is 30.5 Å². The predicted octanol–water partition coefficient (Wildman–Crippen LogP) is 3.91. The van der Waals surface area contributed by atoms with E-state index >= 15 is 0 Å². The summed E-state index contributed by atoms with van der Waals surface area (Å²) in [5, 5.41) is 4.23. The van der Waals surface area contributed by atoms with Crippen molar-refractivity contribution >= 4 is 17.3 Å². The first-order chi connectivity index (χ1) is 11.7. The van der Waals surface area contributed by atoms with Crippen molar-refractivity contribution in [2.75, 3.05) is 19.6 Å². The van der Waals surface area contributed by atoms with Crippen LogP contribution in [-0.2, 0) is 16.1 Å². The van der Waals surface area contributed by atoms with E-state index in [4.69, 9.17) is 9.78 Å². The molecule has 4 nitrogen and oxygen atoms in total. The first kappa shape index (κ1) is 17.0. The highest BCUT2D eigenvalue weighted by Crippen LogP contribution is 2.20. The number of carbonyl (C=O) groups is 1. The molecule has 1 aliphatic heterocycles. The number of nitrogens with zero attached hydrogens (tertiary/aromatic N) is 1. The van der Waals surface area contributed by atoms with Crippen LogP contribution < -0.4 is 4.89 Å². The molecule has 1 aromatic carbocycles. The van der Waals surface area contributed by atoms with Crippen LogP contribution in [0.2, 0.25) is 0 Å². The monoisotopic (exact) mass is 345 g/mol. The van der Waals surface area contributed by atoms with Gasteiger partial charge in [-0.3, -0.25) is 9.78 Å². The van der Waals surface area contributed by atoms with Gasteiger partial charge in [0.1, 0.15) is 0 Å². The van der Waals surface area contributed by atoms with E-state index < -0.39 is 0 Å². The molecule has 3 rings (SSSR count). The molecule has 1 aliphatic rings. The summed E-state index contributed by atoms with van der Waals surface area (Å²) in [6, 6.07) is 9.81. The zero-order valence-electron chi connectivity index (χ0n) is 13.9. The molecule has 0 unspecified atom stereocenters. The number of hydrogen-bond donors (Lipinski definition) is 0. The molecule has 128 valence electrons. The molecule has 24 heavy (non-hydrogen) atoms. The maximum Gasteiger partial charge on any atom is 0.358 e. The summed E-state index contributed by atoms with van der Waals surface area (Å²) >= 11 is 1.70. The Kier molecular flexibility index (Phi) is 5.88. The molecule has 0 bridgehead atoms. The molecule has 2 heterocycles. The molecule has 1 saturated heterocycles. The number of rotatable bonds is 6. The number of hydrogen-bond acceptors (Lipinski definition) is 5.